The Kier molecular flexibility index (Phi) is 6.96. The third-order valence-corrected chi connectivity index (χ3v) is 5.63. The summed E-state index contributed by atoms with van der Waals surface area (Å²) in [5, 5.41) is 2.59. The van der Waals surface area contributed by atoms with E-state index >= 15 is 0 Å². The largest absolute Gasteiger partial charge is 0.492 e. The van der Waals surface area contributed by atoms with Gasteiger partial charge in [0.15, 0.2) is 16.7 Å². The van der Waals surface area contributed by atoms with Crippen molar-refractivity contribution in [2.24, 2.45) is 4.99 Å². The first-order valence-electron chi connectivity index (χ1n) is 8.69. The molecule has 0 atom stereocenters. The lowest BCUT2D eigenvalue weighted by molar-refractivity contribution is -0.137. The van der Waals surface area contributed by atoms with Gasteiger partial charge >= 0.3 is 6.18 Å². The molecule has 0 unspecified atom stereocenters. The van der Waals surface area contributed by atoms with E-state index in [0.717, 1.165) is 21.4 Å². The van der Waals surface area contributed by atoms with Gasteiger partial charge in [0.25, 0.3) is 5.91 Å². The van der Waals surface area contributed by atoms with Gasteiger partial charge in [0, 0.05) is 0 Å². The van der Waals surface area contributed by atoms with Gasteiger partial charge in [-0.3, -0.25) is 4.79 Å². The van der Waals surface area contributed by atoms with Crippen LogP contribution in [0.1, 0.15) is 18.1 Å². The van der Waals surface area contributed by atoms with E-state index in [2.05, 4.69) is 32.9 Å². The molecular formula is C20H16F3IN2O3S. The molecule has 1 aliphatic rings. The fourth-order valence-corrected chi connectivity index (χ4v) is 4.36. The number of ether oxygens (including phenoxy) is 2. The summed E-state index contributed by atoms with van der Waals surface area (Å²) >= 11 is 3.07. The quantitative estimate of drug-likeness (QED) is 0.390. The Morgan fingerprint density at radius 2 is 2.00 bits per heavy atom. The minimum atomic E-state index is -4.54. The number of carbonyl (C=O) groups is 1. The zero-order valence-electron chi connectivity index (χ0n) is 15.8. The number of alkyl halides is 3. The Bertz CT molecular complexity index is 1040. The number of halogens is 4. The summed E-state index contributed by atoms with van der Waals surface area (Å²) in [6, 6.07) is 8.51. The standard InChI is InChI=1S/C20H16F3IN2O3S/c1-3-29-15-9-11(8-13(24)17(15)28-2)10-16-18(27)26-19(30-16)25-14-7-5-4-6-12(14)20(21,22)23/h4-10H,3H2,1-2H3,(H,25,26,27)/b16-10-. The van der Waals surface area contributed by atoms with E-state index < -0.39 is 17.6 Å². The van der Waals surface area contributed by atoms with Crippen LogP contribution in [0.3, 0.4) is 0 Å². The highest BCUT2D eigenvalue weighted by Crippen LogP contribution is 2.38. The van der Waals surface area contributed by atoms with Crippen molar-refractivity contribution in [3.63, 3.8) is 0 Å². The van der Waals surface area contributed by atoms with Crippen molar-refractivity contribution in [3.05, 3.63) is 56.0 Å². The van der Waals surface area contributed by atoms with Gasteiger partial charge in [-0.2, -0.15) is 13.2 Å². The lowest BCUT2D eigenvalue weighted by Gasteiger charge is -2.12. The summed E-state index contributed by atoms with van der Waals surface area (Å²) in [6.07, 6.45) is -2.91. The van der Waals surface area contributed by atoms with Crippen LogP contribution in [0, 0.1) is 3.57 Å². The highest BCUT2D eigenvalue weighted by atomic mass is 127. The van der Waals surface area contributed by atoms with Crippen molar-refractivity contribution in [1.82, 2.24) is 5.32 Å². The average molecular weight is 548 g/mol. The number of nitrogens with zero attached hydrogens (tertiary/aromatic N) is 1. The molecule has 1 amide bonds. The number of nitrogens with one attached hydrogen (secondary N) is 1. The molecule has 158 valence electrons. The Hall–Kier alpha value is -2.21. The molecule has 1 N–H and O–H groups in total. The Morgan fingerprint density at radius 3 is 2.67 bits per heavy atom. The van der Waals surface area contributed by atoms with Gasteiger partial charge < -0.3 is 14.8 Å². The Morgan fingerprint density at radius 1 is 1.27 bits per heavy atom. The summed E-state index contributed by atoms with van der Waals surface area (Å²) < 4.78 is 51.2. The van der Waals surface area contributed by atoms with Crippen LogP contribution >= 0.6 is 34.4 Å². The lowest BCUT2D eigenvalue weighted by atomic mass is 10.2. The Balaban J connectivity index is 1.92. The zero-order chi connectivity index (χ0) is 21.9. The summed E-state index contributed by atoms with van der Waals surface area (Å²) in [7, 11) is 1.54. The number of amides is 1. The molecule has 0 saturated carbocycles. The van der Waals surface area contributed by atoms with Crippen LogP contribution in [-0.4, -0.2) is 24.8 Å². The van der Waals surface area contributed by atoms with Crippen molar-refractivity contribution >= 4 is 57.2 Å². The van der Waals surface area contributed by atoms with Crippen LogP contribution in [0.2, 0.25) is 0 Å². The predicted molar refractivity (Wildman–Crippen MR) is 119 cm³/mol. The number of hydrogen-bond donors (Lipinski definition) is 1. The van der Waals surface area contributed by atoms with Gasteiger partial charge in [-0.05, 0) is 77.2 Å². The minimum absolute atomic E-state index is 0.0798. The summed E-state index contributed by atoms with van der Waals surface area (Å²) in [6.45, 7) is 2.29. The first kappa shape index (κ1) is 22.5. The molecule has 0 bridgehead atoms. The second-order valence-electron chi connectivity index (χ2n) is 5.96. The number of aliphatic imine (C=N–C) groups is 1. The molecule has 0 radical (unpaired) electrons. The van der Waals surface area contributed by atoms with Gasteiger partial charge in [0.1, 0.15) is 0 Å². The summed E-state index contributed by atoms with van der Waals surface area (Å²) in [5.41, 5.74) is -0.430. The zero-order valence-corrected chi connectivity index (χ0v) is 18.8. The summed E-state index contributed by atoms with van der Waals surface area (Å²) in [4.78, 5) is 16.6. The van der Waals surface area contributed by atoms with Crippen molar-refractivity contribution in [2.75, 3.05) is 13.7 Å². The van der Waals surface area contributed by atoms with Crippen LogP contribution in [0.5, 0.6) is 11.5 Å². The van der Waals surface area contributed by atoms with E-state index in [1.54, 1.807) is 19.3 Å². The fraction of sp³-hybridized carbons (Fsp3) is 0.200. The first-order valence-corrected chi connectivity index (χ1v) is 10.6. The Labute approximate surface area is 188 Å². The number of benzene rings is 2. The highest BCUT2D eigenvalue weighted by molar-refractivity contribution is 14.1. The van der Waals surface area contributed by atoms with Crippen molar-refractivity contribution < 1.29 is 27.4 Å². The van der Waals surface area contributed by atoms with E-state index in [9.17, 15) is 18.0 Å². The SMILES string of the molecule is CCOc1cc(/C=C2\SC(=Nc3ccccc3C(F)(F)F)NC2=O)cc(I)c1OC. The van der Waals surface area contributed by atoms with Crippen LogP contribution < -0.4 is 14.8 Å². The first-order chi connectivity index (χ1) is 14.2. The number of amidine groups is 1. The molecule has 2 aromatic rings. The molecule has 3 rings (SSSR count). The maximum absolute atomic E-state index is 13.2. The van der Waals surface area contributed by atoms with E-state index in [1.807, 2.05) is 13.0 Å². The smallest absolute Gasteiger partial charge is 0.418 e. The van der Waals surface area contributed by atoms with Crippen LogP contribution in [-0.2, 0) is 11.0 Å². The number of para-hydroxylation sites is 1. The molecule has 1 heterocycles. The molecule has 1 aliphatic heterocycles. The molecule has 1 saturated heterocycles. The van der Waals surface area contributed by atoms with Gasteiger partial charge in [-0.15, -0.1) is 0 Å². The van der Waals surface area contributed by atoms with E-state index in [4.69, 9.17) is 9.47 Å². The fourth-order valence-electron chi connectivity index (χ4n) is 2.68. The number of methoxy groups -OCH3 is 1. The number of hydrogen-bond acceptors (Lipinski definition) is 5. The number of carbonyl (C=O) groups excluding carboxylic acids is 1. The van der Waals surface area contributed by atoms with Gasteiger partial charge in [0.05, 0.1) is 33.4 Å². The molecule has 30 heavy (non-hydrogen) atoms. The van der Waals surface area contributed by atoms with Gasteiger partial charge in [-0.1, -0.05) is 12.1 Å². The van der Waals surface area contributed by atoms with Gasteiger partial charge in [0.2, 0.25) is 0 Å². The average Bonchev–Trinajstić information content (AvgIpc) is 3.00. The summed E-state index contributed by atoms with van der Waals surface area (Å²) in [5.74, 6) is 0.691. The topological polar surface area (TPSA) is 59.9 Å². The monoisotopic (exact) mass is 548 g/mol. The molecule has 0 aliphatic carbocycles. The third kappa shape index (κ3) is 5.09. The maximum Gasteiger partial charge on any atom is 0.418 e. The molecule has 0 aromatic heterocycles. The molecule has 1 fully saturated rings. The van der Waals surface area contributed by atoms with E-state index in [1.165, 1.54) is 18.2 Å². The molecule has 0 spiro atoms. The van der Waals surface area contributed by atoms with Crippen LogP contribution in [0.25, 0.3) is 6.08 Å². The van der Waals surface area contributed by atoms with E-state index in [0.29, 0.717) is 28.6 Å². The second-order valence-corrected chi connectivity index (χ2v) is 8.16. The second kappa shape index (κ2) is 9.29. The van der Waals surface area contributed by atoms with Crippen LogP contribution in [0.4, 0.5) is 18.9 Å². The normalized spacial score (nSPS) is 16.8. The molecular weight excluding hydrogens is 532 g/mol. The molecule has 10 heteroatoms. The van der Waals surface area contributed by atoms with Gasteiger partial charge in [-0.25, -0.2) is 4.99 Å². The number of rotatable bonds is 5. The van der Waals surface area contributed by atoms with Crippen molar-refractivity contribution in [3.8, 4) is 11.5 Å². The molecule has 2 aromatic carbocycles. The number of thioether (sulfide) groups is 1. The maximum atomic E-state index is 13.2. The van der Waals surface area contributed by atoms with Crippen molar-refractivity contribution in [2.45, 2.75) is 13.1 Å². The lowest BCUT2D eigenvalue weighted by Crippen LogP contribution is -2.19. The third-order valence-electron chi connectivity index (χ3n) is 3.92. The minimum Gasteiger partial charge on any atom is -0.492 e. The van der Waals surface area contributed by atoms with E-state index in [-0.39, 0.29) is 10.9 Å². The highest BCUT2D eigenvalue weighted by Gasteiger charge is 2.34. The van der Waals surface area contributed by atoms with Crippen LogP contribution in [0.15, 0.2) is 46.3 Å². The van der Waals surface area contributed by atoms with Crippen molar-refractivity contribution in [1.29, 1.82) is 0 Å². The molecule has 5 nitrogen and oxygen atoms in total. The predicted octanol–water partition coefficient (Wildman–Crippen LogP) is 5.61.